The maximum absolute atomic E-state index is 12.5. The molecule has 112 valence electrons. The van der Waals surface area contributed by atoms with Crippen LogP contribution in [0.25, 0.3) is 0 Å². The Morgan fingerprint density at radius 1 is 1.19 bits per heavy atom. The van der Waals surface area contributed by atoms with Gasteiger partial charge in [-0.15, -0.1) is 0 Å². The lowest BCUT2D eigenvalue weighted by Gasteiger charge is -2.09. The van der Waals surface area contributed by atoms with E-state index in [1.807, 2.05) is 32.2 Å². The van der Waals surface area contributed by atoms with Crippen LogP contribution in [0.4, 0.5) is 13.2 Å². The summed E-state index contributed by atoms with van der Waals surface area (Å²) in [5.41, 5.74) is 1.61. The Bertz CT molecular complexity index is 609. The number of hydrogen-bond donors (Lipinski definition) is 1. The van der Waals surface area contributed by atoms with Crippen molar-refractivity contribution in [3.63, 3.8) is 0 Å². The van der Waals surface area contributed by atoms with Gasteiger partial charge in [0.15, 0.2) is 0 Å². The maximum atomic E-state index is 12.5. The molecule has 0 unspecified atom stereocenters. The second-order valence-electron chi connectivity index (χ2n) is 4.60. The predicted molar refractivity (Wildman–Crippen MR) is 77.3 cm³/mol. The van der Waals surface area contributed by atoms with E-state index in [1.54, 1.807) is 0 Å². The van der Waals surface area contributed by atoms with E-state index in [0.29, 0.717) is 5.03 Å². The van der Waals surface area contributed by atoms with Gasteiger partial charge >= 0.3 is 6.18 Å². The highest BCUT2D eigenvalue weighted by atomic mass is 32.2. The van der Waals surface area contributed by atoms with E-state index < -0.39 is 11.7 Å². The molecule has 0 saturated carbocycles. The number of halogens is 3. The molecule has 1 aromatic heterocycles. The lowest BCUT2D eigenvalue weighted by atomic mass is 10.1. The number of nitrogens with zero attached hydrogens (tertiary/aromatic N) is 1. The molecule has 0 spiro atoms. The summed E-state index contributed by atoms with van der Waals surface area (Å²) in [7, 11) is 1.88. The Labute approximate surface area is 125 Å². The van der Waals surface area contributed by atoms with Crippen molar-refractivity contribution in [2.75, 3.05) is 7.05 Å². The third kappa shape index (κ3) is 4.22. The largest absolute Gasteiger partial charge is 0.417 e. The number of aromatic nitrogens is 1. The molecule has 0 fully saturated rings. The average Bonchev–Trinajstić information content (AvgIpc) is 2.42. The lowest BCUT2D eigenvalue weighted by Crippen LogP contribution is -2.06. The number of aryl methyl sites for hydroxylation is 1. The standard InChI is InChI=1S/C15H15F3N2S/c1-10-7-13(5-3-11(10)8-19-2)21-14-6-4-12(9-20-14)15(16,17)18/h3-7,9,19H,8H2,1-2H3. The molecule has 0 aliphatic carbocycles. The van der Waals surface area contributed by atoms with E-state index in [4.69, 9.17) is 0 Å². The van der Waals surface area contributed by atoms with Gasteiger partial charge in [0.05, 0.1) is 5.56 Å². The molecular formula is C15H15F3N2S. The van der Waals surface area contributed by atoms with Gasteiger partial charge in [-0.1, -0.05) is 17.8 Å². The van der Waals surface area contributed by atoms with Crippen molar-refractivity contribution < 1.29 is 13.2 Å². The lowest BCUT2D eigenvalue weighted by molar-refractivity contribution is -0.137. The van der Waals surface area contributed by atoms with Crippen LogP contribution in [0.15, 0.2) is 46.5 Å². The van der Waals surface area contributed by atoms with Gasteiger partial charge in [-0.25, -0.2) is 4.98 Å². The molecule has 6 heteroatoms. The van der Waals surface area contributed by atoms with E-state index in [0.717, 1.165) is 29.3 Å². The minimum atomic E-state index is -4.35. The van der Waals surface area contributed by atoms with Crippen LogP contribution in [0, 0.1) is 6.92 Å². The Hall–Kier alpha value is -1.53. The summed E-state index contributed by atoms with van der Waals surface area (Å²) in [5, 5.41) is 3.63. The number of alkyl halides is 3. The van der Waals surface area contributed by atoms with Crippen LogP contribution in [-0.2, 0) is 12.7 Å². The first kappa shape index (κ1) is 15.9. The zero-order chi connectivity index (χ0) is 15.5. The molecule has 2 rings (SSSR count). The molecule has 2 nitrogen and oxygen atoms in total. The van der Waals surface area contributed by atoms with Gasteiger partial charge in [0.2, 0.25) is 0 Å². The van der Waals surface area contributed by atoms with Crippen molar-refractivity contribution >= 4 is 11.8 Å². The molecule has 0 aliphatic rings. The van der Waals surface area contributed by atoms with E-state index in [2.05, 4.69) is 10.3 Å². The highest BCUT2D eigenvalue weighted by Gasteiger charge is 2.30. The molecule has 1 heterocycles. The fourth-order valence-electron chi connectivity index (χ4n) is 1.85. The quantitative estimate of drug-likeness (QED) is 0.912. The number of pyridine rings is 1. The first-order valence-electron chi connectivity index (χ1n) is 6.35. The number of nitrogens with one attached hydrogen (secondary N) is 1. The van der Waals surface area contributed by atoms with Crippen LogP contribution in [-0.4, -0.2) is 12.0 Å². The van der Waals surface area contributed by atoms with Gasteiger partial charge < -0.3 is 5.32 Å². The highest BCUT2D eigenvalue weighted by Crippen LogP contribution is 2.32. The van der Waals surface area contributed by atoms with E-state index in [-0.39, 0.29) is 0 Å². The van der Waals surface area contributed by atoms with E-state index in [1.165, 1.54) is 23.4 Å². The highest BCUT2D eigenvalue weighted by molar-refractivity contribution is 7.99. The van der Waals surface area contributed by atoms with Gasteiger partial charge in [0.1, 0.15) is 5.03 Å². The number of rotatable bonds is 4. The topological polar surface area (TPSA) is 24.9 Å². The number of hydrogen-bond acceptors (Lipinski definition) is 3. The SMILES string of the molecule is CNCc1ccc(Sc2ccc(C(F)(F)F)cn2)cc1C. The monoisotopic (exact) mass is 312 g/mol. The summed E-state index contributed by atoms with van der Waals surface area (Å²) >= 11 is 1.35. The Kier molecular flexibility index (Phi) is 4.90. The zero-order valence-electron chi connectivity index (χ0n) is 11.7. The second-order valence-corrected chi connectivity index (χ2v) is 5.70. The van der Waals surface area contributed by atoms with Crippen molar-refractivity contribution in [1.29, 1.82) is 0 Å². The third-order valence-electron chi connectivity index (χ3n) is 2.97. The first-order valence-corrected chi connectivity index (χ1v) is 7.17. The molecular weight excluding hydrogens is 297 g/mol. The molecule has 1 aromatic carbocycles. The summed E-state index contributed by atoms with van der Waals surface area (Å²) in [6.45, 7) is 2.80. The minimum Gasteiger partial charge on any atom is -0.316 e. The van der Waals surface area contributed by atoms with Crippen LogP contribution >= 0.6 is 11.8 Å². The summed E-state index contributed by atoms with van der Waals surface area (Å²) < 4.78 is 37.4. The molecule has 0 aliphatic heterocycles. The molecule has 0 radical (unpaired) electrons. The smallest absolute Gasteiger partial charge is 0.316 e. The van der Waals surface area contributed by atoms with Gasteiger partial charge in [-0.2, -0.15) is 13.2 Å². The van der Waals surface area contributed by atoms with Crippen LogP contribution in [0.2, 0.25) is 0 Å². The second kappa shape index (κ2) is 6.49. The van der Waals surface area contributed by atoms with E-state index >= 15 is 0 Å². The zero-order valence-corrected chi connectivity index (χ0v) is 12.5. The maximum Gasteiger partial charge on any atom is 0.417 e. The Morgan fingerprint density at radius 2 is 1.95 bits per heavy atom. The van der Waals surface area contributed by atoms with Gasteiger partial charge in [-0.3, -0.25) is 0 Å². The minimum absolute atomic E-state index is 0.545. The van der Waals surface area contributed by atoms with Gasteiger partial charge in [0, 0.05) is 17.6 Å². The average molecular weight is 312 g/mol. The first-order chi connectivity index (χ1) is 9.90. The fraction of sp³-hybridized carbons (Fsp3) is 0.267. The van der Waals surface area contributed by atoms with Gasteiger partial charge in [0.25, 0.3) is 0 Å². The number of benzene rings is 1. The molecule has 2 aromatic rings. The van der Waals surface area contributed by atoms with Crippen LogP contribution < -0.4 is 5.32 Å². The van der Waals surface area contributed by atoms with Crippen molar-refractivity contribution in [1.82, 2.24) is 10.3 Å². The van der Waals surface area contributed by atoms with Gasteiger partial charge in [-0.05, 0) is 49.4 Å². The van der Waals surface area contributed by atoms with Crippen molar-refractivity contribution in [2.45, 2.75) is 29.6 Å². The fourth-order valence-corrected chi connectivity index (χ4v) is 2.70. The molecule has 21 heavy (non-hydrogen) atoms. The summed E-state index contributed by atoms with van der Waals surface area (Å²) in [6, 6.07) is 8.42. The van der Waals surface area contributed by atoms with Crippen molar-refractivity contribution in [3.05, 3.63) is 53.2 Å². The Balaban J connectivity index is 2.13. The van der Waals surface area contributed by atoms with Crippen LogP contribution in [0.1, 0.15) is 16.7 Å². The predicted octanol–water partition coefficient (Wildman–Crippen LogP) is 4.28. The molecule has 0 atom stereocenters. The van der Waals surface area contributed by atoms with Crippen LogP contribution in [0.5, 0.6) is 0 Å². The van der Waals surface area contributed by atoms with E-state index in [9.17, 15) is 13.2 Å². The molecule has 0 amide bonds. The van der Waals surface area contributed by atoms with Crippen molar-refractivity contribution in [2.24, 2.45) is 0 Å². The summed E-state index contributed by atoms with van der Waals surface area (Å²) in [4.78, 5) is 4.82. The summed E-state index contributed by atoms with van der Waals surface area (Å²) in [5.74, 6) is 0. The molecule has 0 saturated heterocycles. The normalized spacial score (nSPS) is 11.7. The Morgan fingerprint density at radius 3 is 2.48 bits per heavy atom. The van der Waals surface area contributed by atoms with Crippen LogP contribution in [0.3, 0.4) is 0 Å². The molecule has 0 bridgehead atoms. The van der Waals surface area contributed by atoms with Crippen molar-refractivity contribution in [3.8, 4) is 0 Å². The summed E-state index contributed by atoms with van der Waals surface area (Å²) in [6.07, 6.45) is -3.48. The third-order valence-corrected chi connectivity index (χ3v) is 3.91. The molecule has 1 N–H and O–H groups in total.